The van der Waals surface area contributed by atoms with Crippen molar-refractivity contribution in [3.8, 4) is 0 Å². The van der Waals surface area contributed by atoms with Gasteiger partial charge in [0, 0.05) is 0 Å². The fourth-order valence-electron chi connectivity index (χ4n) is 6.54. The molecule has 3 nitrogen and oxygen atoms in total. The zero-order chi connectivity index (χ0) is 25.4. The van der Waals surface area contributed by atoms with Crippen molar-refractivity contribution in [3.63, 3.8) is 0 Å². The molecule has 5 rings (SSSR count). The zero-order valence-electron chi connectivity index (χ0n) is 21.2. The summed E-state index contributed by atoms with van der Waals surface area (Å²) in [6.07, 6.45) is 4.77. The first kappa shape index (κ1) is 25.7. The number of rotatable bonds is 9. The van der Waals surface area contributed by atoms with E-state index in [1.807, 2.05) is 84.9 Å². The van der Waals surface area contributed by atoms with Gasteiger partial charge in [0.15, 0.2) is 0 Å². The molecule has 2 fully saturated rings. The average Bonchev–Trinajstić information content (AvgIpc) is 3.27. The van der Waals surface area contributed by atoms with Crippen LogP contribution in [0.2, 0.25) is 5.32 Å². The van der Waals surface area contributed by atoms with Crippen molar-refractivity contribution in [2.45, 2.75) is 50.6 Å². The standard InChI is InChI=1S/C31H36NO2PSe/c1-4-28(24-14-8-5-9-15-24)32(36-23-31-21-20-25(22-29(31)33)30(31,2)3)35(34,26-16-10-6-11-17-26)27-18-12-7-13-19-27/h4-19,25,28-29,33H,1,20-23H2,2-3H3. The van der Waals surface area contributed by atoms with Crippen LogP contribution in [0.4, 0.5) is 0 Å². The van der Waals surface area contributed by atoms with Gasteiger partial charge in [-0.05, 0) is 0 Å². The Bertz CT molecular complexity index is 1190. The van der Waals surface area contributed by atoms with Crippen LogP contribution in [0.25, 0.3) is 0 Å². The van der Waals surface area contributed by atoms with Crippen molar-refractivity contribution in [1.82, 2.24) is 3.69 Å². The first-order valence-electron chi connectivity index (χ1n) is 12.8. The van der Waals surface area contributed by atoms with Gasteiger partial charge in [-0.3, -0.25) is 0 Å². The fraction of sp³-hybridized carbons (Fsp3) is 0.355. The quantitative estimate of drug-likeness (QED) is 0.187. The molecule has 0 saturated heterocycles. The Balaban J connectivity index is 1.64. The number of nitrogens with zero attached hydrogens (tertiary/aromatic N) is 1. The summed E-state index contributed by atoms with van der Waals surface area (Å²) in [6, 6.07) is 30.0. The summed E-state index contributed by atoms with van der Waals surface area (Å²) in [5, 5.41) is 13.8. The molecule has 0 aromatic heterocycles. The first-order chi connectivity index (χ1) is 17.3. The van der Waals surface area contributed by atoms with Gasteiger partial charge >= 0.3 is 223 Å². The van der Waals surface area contributed by atoms with Crippen molar-refractivity contribution in [2.24, 2.45) is 16.7 Å². The molecule has 0 radical (unpaired) electrons. The van der Waals surface area contributed by atoms with Crippen molar-refractivity contribution in [3.05, 3.63) is 109 Å². The Morgan fingerprint density at radius 3 is 1.97 bits per heavy atom. The fourth-order valence-corrected chi connectivity index (χ4v) is 14.7. The Hall–Kier alpha value is -1.93. The number of aliphatic hydroxyl groups excluding tert-OH is 1. The molecule has 188 valence electrons. The van der Waals surface area contributed by atoms with Crippen molar-refractivity contribution < 1.29 is 9.67 Å². The molecule has 4 atom stereocenters. The van der Waals surface area contributed by atoms with Crippen LogP contribution in [-0.4, -0.2) is 30.1 Å². The van der Waals surface area contributed by atoms with Gasteiger partial charge in [-0.2, -0.15) is 0 Å². The van der Waals surface area contributed by atoms with Crippen LogP contribution < -0.4 is 10.6 Å². The van der Waals surface area contributed by atoms with Crippen LogP contribution in [0.3, 0.4) is 0 Å². The van der Waals surface area contributed by atoms with E-state index in [1.165, 1.54) is 6.42 Å². The van der Waals surface area contributed by atoms with Crippen molar-refractivity contribution in [1.29, 1.82) is 0 Å². The molecular formula is C31H36NO2PSe. The van der Waals surface area contributed by atoms with Crippen molar-refractivity contribution in [2.75, 3.05) is 0 Å². The number of benzene rings is 3. The molecule has 1 N–H and O–H groups in total. The summed E-state index contributed by atoms with van der Waals surface area (Å²) in [6.45, 7) is 8.92. The van der Waals surface area contributed by atoms with Crippen LogP contribution in [0, 0.1) is 16.7 Å². The number of fused-ring (bicyclic) bond motifs is 2. The molecule has 0 heterocycles. The van der Waals surface area contributed by atoms with E-state index in [-0.39, 0.29) is 38.2 Å². The zero-order valence-corrected chi connectivity index (χ0v) is 23.8. The van der Waals surface area contributed by atoms with E-state index in [0.29, 0.717) is 5.92 Å². The maximum absolute atomic E-state index is 15.6. The van der Waals surface area contributed by atoms with E-state index in [4.69, 9.17) is 0 Å². The van der Waals surface area contributed by atoms with E-state index in [9.17, 15) is 5.11 Å². The second kappa shape index (κ2) is 10.1. The van der Waals surface area contributed by atoms with Crippen LogP contribution in [0.5, 0.6) is 0 Å². The summed E-state index contributed by atoms with van der Waals surface area (Å²) in [5.74, 6) is 0.566. The molecule has 0 amide bonds. The minimum atomic E-state index is -3.21. The van der Waals surface area contributed by atoms with Gasteiger partial charge in [0.1, 0.15) is 0 Å². The molecule has 0 aliphatic heterocycles. The summed E-state index contributed by atoms with van der Waals surface area (Å²) in [4.78, 5) is 0. The molecule has 5 heteroatoms. The molecule has 0 spiro atoms. The van der Waals surface area contributed by atoms with E-state index < -0.39 is 7.29 Å². The number of hydrogen-bond donors (Lipinski definition) is 1. The summed E-state index contributed by atoms with van der Waals surface area (Å²) in [7, 11) is -3.21. The van der Waals surface area contributed by atoms with E-state index in [1.54, 1.807) is 0 Å². The molecule has 4 unspecified atom stereocenters. The van der Waals surface area contributed by atoms with Gasteiger partial charge in [-0.1, -0.05) is 0 Å². The normalized spacial score (nSPS) is 25.7. The van der Waals surface area contributed by atoms with Gasteiger partial charge in [0.2, 0.25) is 0 Å². The average molecular weight is 565 g/mol. The van der Waals surface area contributed by atoms with E-state index in [2.05, 4.69) is 36.2 Å². The Morgan fingerprint density at radius 2 is 1.53 bits per heavy atom. The third-order valence-corrected chi connectivity index (χ3v) is 16.2. The van der Waals surface area contributed by atoms with Crippen LogP contribution in [0.15, 0.2) is 104 Å². The molecule has 36 heavy (non-hydrogen) atoms. The molecule has 3 aromatic rings. The summed E-state index contributed by atoms with van der Waals surface area (Å²) in [5.41, 5.74) is 1.05. The van der Waals surface area contributed by atoms with Crippen molar-refractivity contribution >= 4 is 33.1 Å². The summed E-state index contributed by atoms with van der Waals surface area (Å²) >= 11 is -0.159. The Morgan fingerprint density at radius 1 is 1.00 bits per heavy atom. The minimum absolute atomic E-state index is 0.0831. The molecular weight excluding hydrogens is 528 g/mol. The predicted octanol–water partition coefficient (Wildman–Crippen LogP) is 6.37. The monoisotopic (exact) mass is 565 g/mol. The first-order valence-corrected chi connectivity index (χ1v) is 16.5. The van der Waals surface area contributed by atoms with Crippen LogP contribution in [0.1, 0.15) is 44.7 Å². The number of hydrogen-bond acceptors (Lipinski definition) is 2. The topological polar surface area (TPSA) is 40.5 Å². The molecule has 2 aliphatic carbocycles. The third-order valence-electron chi connectivity index (χ3n) is 8.94. The molecule has 3 aromatic carbocycles. The van der Waals surface area contributed by atoms with E-state index >= 15 is 4.57 Å². The summed E-state index contributed by atoms with van der Waals surface area (Å²) < 4.78 is 17.8. The molecule has 2 bridgehead atoms. The van der Waals surface area contributed by atoms with Gasteiger partial charge < -0.3 is 0 Å². The second-order valence-electron chi connectivity index (χ2n) is 10.8. The second-order valence-corrected chi connectivity index (χ2v) is 16.0. The Labute approximate surface area is 222 Å². The van der Waals surface area contributed by atoms with Crippen LogP contribution >= 0.6 is 7.29 Å². The van der Waals surface area contributed by atoms with Gasteiger partial charge in [-0.25, -0.2) is 0 Å². The third kappa shape index (κ3) is 4.08. The van der Waals surface area contributed by atoms with Gasteiger partial charge in [-0.15, -0.1) is 0 Å². The van der Waals surface area contributed by atoms with Crippen LogP contribution in [-0.2, 0) is 4.57 Å². The SMILES string of the molecule is C=CC(c1ccccc1)N([Se]CC12CCC(CC1O)C2(C)C)P(=O)(c1ccccc1)c1ccccc1. The number of aliphatic hydroxyl groups is 1. The maximum atomic E-state index is 15.6. The predicted molar refractivity (Wildman–Crippen MR) is 151 cm³/mol. The molecule has 2 aliphatic rings. The van der Waals surface area contributed by atoms with Gasteiger partial charge in [0.25, 0.3) is 0 Å². The molecule has 2 saturated carbocycles. The van der Waals surface area contributed by atoms with Gasteiger partial charge in [0.05, 0.1) is 0 Å². The Kier molecular flexibility index (Phi) is 7.20. The van der Waals surface area contributed by atoms with E-state index in [0.717, 1.165) is 34.3 Å².